The monoisotopic (exact) mass is 305 g/mol. The van der Waals surface area contributed by atoms with Gasteiger partial charge in [0.1, 0.15) is 10.9 Å². The molecule has 1 unspecified atom stereocenters. The van der Waals surface area contributed by atoms with Gasteiger partial charge in [0.15, 0.2) is 0 Å². The summed E-state index contributed by atoms with van der Waals surface area (Å²) in [6.07, 6.45) is 1.39. The van der Waals surface area contributed by atoms with Crippen molar-refractivity contribution in [3.8, 4) is 6.07 Å². The van der Waals surface area contributed by atoms with Crippen LogP contribution in [0.2, 0.25) is 0 Å². The summed E-state index contributed by atoms with van der Waals surface area (Å²) in [5.41, 5.74) is 6.09. The lowest BCUT2D eigenvalue weighted by molar-refractivity contribution is 0.101. The number of hydrogen-bond donors (Lipinski definition) is 1. The Balaban J connectivity index is 2.41. The number of nitrogens with zero attached hydrogens (tertiary/aromatic N) is 2. The van der Waals surface area contributed by atoms with Gasteiger partial charge in [0.2, 0.25) is 0 Å². The minimum atomic E-state index is -2.86. The fourth-order valence-corrected chi connectivity index (χ4v) is 3.47. The zero-order valence-corrected chi connectivity index (χ0v) is 12.2. The smallest absolute Gasteiger partial charge is 0.295 e. The summed E-state index contributed by atoms with van der Waals surface area (Å²) in [6.45, 7) is 0. The number of hydrogen-bond acceptors (Lipinski definition) is 5. The van der Waals surface area contributed by atoms with Crippen LogP contribution < -0.4 is 5.73 Å². The molecular formula is C13H11N3O2S2. The van der Waals surface area contributed by atoms with E-state index >= 15 is 0 Å². The number of benzene rings is 1. The Labute approximate surface area is 120 Å². The number of thiophene rings is 1. The third-order valence-electron chi connectivity index (χ3n) is 2.48. The average molecular weight is 305 g/mol. The van der Waals surface area contributed by atoms with Gasteiger partial charge in [-0.25, -0.2) is 4.21 Å². The molecule has 2 aromatic rings. The van der Waals surface area contributed by atoms with Crippen molar-refractivity contribution in [3.63, 3.8) is 0 Å². The van der Waals surface area contributed by atoms with Gasteiger partial charge in [-0.15, -0.1) is 11.3 Å². The van der Waals surface area contributed by atoms with Gasteiger partial charge < -0.3 is 5.73 Å². The highest BCUT2D eigenvalue weighted by Gasteiger charge is 2.13. The molecule has 2 rings (SSSR count). The van der Waals surface area contributed by atoms with E-state index < -0.39 is 15.6 Å². The molecule has 7 heteroatoms. The van der Waals surface area contributed by atoms with Crippen molar-refractivity contribution < 1.29 is 9.00 Å². The number of rotatable bonds is 2. The fraction of sp³-hybridized carbons (Fsp3) is 0.0769. The van der Waals surface area contributed by atoms with E-state index in [1.54, 1.807) is 18.2 Å². The molecule has 1 atom stereocenters. The molecule has 0 fully saturated rings. The first-order valence-corrected chi connectivity index (χ1v) is 8.28. The highest BCUT2D eigenvalue weighted by molar-refractivity contribution is 7.93. The van der Waals surface area contributed by atoms with Crippen LogP contribution in [-0.4, -0.2) is 16.4 Å². The highest BCUT2D eigenvalue weighted by atomic mass is 32.2. The van der Waals surface area contributed by atoms with Crippen LogP contribution in [0.15, 0.2) is 45.7 Å². The SMILES string of the molecule is CS(=O)(=NC(=O)c1ccc(C#N)s1)c1cccc(N)c1. The number of carbonyl (C=O) groups is 1. The fourth-order valence-electron chi connectivity index (χ4n) is 1.52. The van der Waals surface area contributed by atoms with Gasteiger partial charge >= 0.3 is 0 Å². The van der Waals surface area contributed by atoms with Crippen LogP contribution >= 0.6 is 11.3 Å². The van der Waals surface area contributed by atoms with E-state index in [-0.39, 0.29) is 0 Å². The summed E-state index contributed by atoms with van der Waals surface area (Å²) < 4.78 is 16.3. The first-order chi connectivity index (χ1) is 9.42. The minimum Gasteiger partial charge on any atom is -0.399 e. The average Bonchev–Trinajstić information content (AvgIpc) is 2.87. The van der Waals surface area contributed by atoms with Gasteiger partial charge in [0.05, 0.1) is 14.6 Å². The zero-order valence-electron chi connectivity index (χ0n) is 10.6. The summed E-state index contributed by atoms with van der Waals surface area (Å²) in [6, 6.07) is 11.5. The van der Waals surface area contributed by atoms with Crippen LogP contribution in [0, 0.1) is 11.3 Å². The Morgan fingerprint density at radius 1 is 1.40 bits per heavy atom. The Hall–Kier alpha value is -2.17. The molecule has 0 saturated heterocycles. The van der Waals surface area contributed by atoms with E-state index in [0.29, 0.717) is 20.3 Å². The summed E-state index contributed by atoms with van der Waals surface area (Å²) in [4.78, 5) is 13.1. The van der Waals surface area contributed by atoms with Crippen molar-refractivity contribution in [2.45, 2.75) is 4.90 Å². The van der Waals surface area contributed by atoms with Crippen LogP contribution in [0.5, 0.6) is 0 Å². The molecule has 0 radical (unpaired) electrons. The molecule has 0 aliphatic carbocycles. The third kappa shape index (κ3) is 3.04. The topological polar surface area (TPSA) is 96.3 Å². The number of anilines is 1. The van der Waals surface area contributed by atoms with Crippen LogP contribution in [0.25, 0.3) is 0 Å². The maximum atomic E-state index is 12.5. The van der Waals surface area contributed by atoms with Crippen molar-refractivity contribution in [2.75, 3.05) is 12.0 Å². The predicted octanol–water partition coefficient (Wildman–Crippen LogP) is 2.50. The second-order valence-corrected chi connectivity index (χ2v) is 7.39. The van der Waals surface area contributed by atoms with Gasteiger partial charge in [0, 0.05) is 16.8 Å². The zero-order chi connectivity index (χ0) is 14.8. The standard InChI is InChI=1S/C13H11N3O2S2/c1-20(18,11-4-2-3-9(15)7-11)16-13(17)12-6-5-10(8-14)19-12/h2-7H,15H2,1H3. The van der Waals surface area contributed by atoms with E-state index in [1.165, 1.54) is 24.5 Å². The molecule has 2 N–H and O–H groups in total. The molecule has 0 aliphatic rings. The minimum absolute atomic E-state index is 0.292. The summed E-state index contributed by atoms with van der Waals surface area (Å²) >= 11 is 1.03. The van der Waals surface area contributed by atoms with E-state index in [0.717, 1.165) is 11.3 Å². The van der Waals surface area contributed by atoms with Gasteiger partial charge in [-0.3, -0.25) is 4.79 Å². The molecular weight excluding hydrogens is 294 g/mol. The van der Waals surface area contributed by atoms with Crippen LogP contribution in [0.1, 0.15) is 14.5 Å². The normalized spacial score (nSPS) is 13.2. The second-order valence-electron chi connectivity index (χ2n) is 4.05. The van der Waals surface area contributed by atoms with Crippen molar-refractivity contribution >= 4 is 32.7 Å². The van der Waals surface area contributed by atoms with E-state index in [9.17, 15) is 9.00 Å². The lowest BCUT2D eigenvalue weighted by Gasteiger charge is -2.04. The van der Waals surface area contributed by atoms with Crippen molar-refractivity contribution in [3.05, 3.63) is 46.2 Å². The largest absolute Gasteiger partial charge is 0.399 e. The van der Waals surface area contributed by atoms with E-state index in [2.05, 4.69) is 4.36 Å². The van der Waals surface area contributed by atoms with Crippen LogP contribution in [0.4, 0.5) is 5.69 Å². The maximum Gasteiger partial charge on any atom is 0.295 e. The first kappa shape index (κ1) is 14.2. The molecule has 1 heterocycles. The summed E-state index contributed by atoms with van der Waals surface area (Å²) in [7, 11) is -2.86. The molecule has 102 valence electrons. The van der Waals surface area contributed by atoms with Crippen LogP contribution in [0.3, 0.4) is 0 Å². The van der Waals surface area contributed by atoms with Gasteiger partial charge in [-0.1, -0.05) is 6.07 Å². The second kappa shape index (κ2) is 5.45. The first-order valence-electron chi connectivity index (χ1n) is 5.54. The quantitative estimate of drug-likeness (QED) is 0.862. The number of nitrogens with two attached hydrogens (primary N) is 1. The Bertz CT molecular complexity index is 824. The number of nitriles is 1. The summed E-state index contributed by atoms with van der Waals surface area (Å²) in [5, 5.41) is 8.72. The Morgan fingerprint density at radius 2 is 2.15 bits per heavy atom. The van der Waals surface area contributed by atoms with E-state index in [1.807, 2.05) is 6.07 Å². The number of carbonyl (C=O) groups excluding carboxylic acids is 1. The maximum absolute atomic E-state index is 12.5. The third-order valence-corrected chi connectivity index (χ3v) is 5.10. The lowest BCUT2D eigenvalue weighted by atomic mass is 10.3. The van der Waals surface area contributed by atoms with Crippen molar-refractivity contribution in [2.24, 2.45) is 4.36 Å². The molecule has 0 spiro atoms. The van der Waals surface area contributed by atoms with Gasteiger partial charge in [0.25, 0.3) is 5.91 Å². The molecule has 0 saturated carbocycles. The van der Waals surface area contributed by atoms with Crippen molar-refractivity contribution in [1.29, 1.82) is 5.26 Å². The molecule has 0 aliphatic heterocycles. The van der Waals surface area contributed by atoms with Crippen LogP contribution in [-0.2, 0) is 9.73 Å². The number of nitrogen functional groups attached to an aromatic ring is 1. The van der Waals surface area contributed by atoms with E-state index in [4.69, 9.17) is 11.0 Å². The summed E-state index contributed by atoms with van der Waals surface area (Å²) in [5.74, 6) is -0.591. The highest BCUT2D eigenvalue weighted by Crippen LogP contribution is 2.19. The van der Waals surface area contributed by atoms with Gasteiger partial charge in [-0.2, -0.15) is 9.62 Å². The molecule has 1 aromatic carbocycles. The lowest BCUT2D eigenvalue weighted by Crippen LogP contribution is -2.03. The number of amides is 1. The molecule has 0 bridgehead atoms. The van der Waals surface area contributed by atoms with Crippen molar-refractivity contribution in [1.82, 2.24) is 0 Å². The molecule has 20 heavy (non-hydrogen) atoms. The molecule has 5 nitrogen and oxygen atoms in total. The van der Waals surface area contributed by atoms with Gasteiger partial charge in [-0.05, 0) is 30.3 Å². The molecule has 1 amide bonds. The Morgan fingerprint density at radius 3 is 2.75 bits per heavy atom. The predicted molar refractivity (Wildman–Crippen MR) is 79.0 cm³/mol. The molecule has 1 aromatic heterocycles. The Kier molecular flexibility index (Phi) is 3.88.